The number of carbonyl (C=O) groups excluding carboxylic acids is 3. The van der Waals surface area contributed by atoms with Crippen molar-refractivity contribution < 1.29 is 14.4 Å². The van der Waals surface area contributed by atoms with Crippen LogP contribution in [0.1, 0.15) is 17.5 Å². The summed E-state index contributed by atoms with van der Waals surface area (Å²) in [6, 6.07) is 18.5. The highest BCUT2D eigenvalue weighted by Gasteiger charge is 2.46. The number of anilines is 2. The van der Waals surface area contributed by atoms with Crippen molar-refractivity contribution in [1.82, 2.24) is 9.88 Å². The molecule has 1 N–H and O–H groups in total. The summed E-state index contributed by atoms with van der Waals surface area (Å²) in [6.45, 7) is 2.08. The molecule has 2 aromatic carbocycles. The number of amides is 4. The van der Waals surface area contributed by atoms with Crippen LogP contribution in [0.15, 0.2) is 79.1 Å². The number of aromatic nitrogens is 1. The minimum Gasteiger partial charge on any atom is -0.326 e. The molecule has 3 aromatic rings. The monoisotopic (exact) mass is 414 g/mol. The predicted octanol–water partition coefficient (Wildman–Crippen LogP) is 3.76. The van der Waals surface area contributed by atoms with Gasteiger partial charge in [0.05, 0.1) is 12.1 Å². The molecule has 2 heterocycles. The van der Waals surface area contributed by atoms with Crippen molar-refractivity contribution in [1.29, 1.82) is 0 Å². The average molecular weight is 414 g/mol. The molecule has 0 aliphatic carbocycles. The highest BCUT2D eigenvalue weighted by Crippen LogP contribution is 2.29. The van der Waals surface area contributed by atoms with E-state index in [9.17, 15) is 14.4 Å². The summed E-state index contributed by atoms with van der Waals surface area (Å²) in [6.07, 6.45) is 3.15. The van der Waals surface area contributed by atoms with E-state index in [-0.39, 0.29) is 18.9 Å². The van der Waals surface area contributed by atoms with Gasteiger partial charge in [-0.25, -0.2) is 9.69 Å². The molecule has 31 heavy (non-hydrogen) atoms. The third kappa shape index (κ3) is 4.45. The fourth-order valence-corrected chi connectivity index (χ4v) is 3.62. The molecule has 1 fully saturated rings. The predicted molar refractivity (Wildman–Crippen MR) is 117 cm³/mol. The first kappa shape index (κ1) is 20.3. The highest BCUT2D eigenvalue weighted by atomic mass is 16.2. The number of para-hydroxylation sites is 1. The number of imide groups is 1. The van der Waals surface area contributed by atoms with Crippen molar-refractivity contribution in [2.75, 3.05) is 10.2 Å². The van der Waals surface area contributed by atoms with Gasteiger partial charge in [0.2, 0.25) is 5.91 Å². The van der Waals surface area contributed by atoms with Crippen LogP contribution in [0.5, 0.6) is 0 Å². The lowest BCUT2D eigenvalue weighted by Gasteiger charge is -2.21. The second-order valence-corrected chi connectivity index (χ2v) is 7.42. The second-order valence-electron chi connectivity index (χ2n) is 7.42. The van der Waals surface area contributed by atoms with Crippen molar-refractivity contribution >= 4 is 29.2 Å². The van der Waals surface area contributed by atoms with E-state index in [0.29, 0.717) is 11.4 Å². The Kier molecular flexibility index (Phi) is 5.75. The summed E-state index contributed by atoms with van der Waals surface area (Å²) in [4.78, 5) is 45.9. The lowest BCUT2D eigenvalue weighted by Crippen LogP contribution is -2.37. The number of nitrogens with zero attached hydrogens (tertiary/aromatic N) is 3. The maximum atomic E-state index is 13.3. The molecule has 156 valence electrons. The SMILES string of the molecule is Cc1cccc(N2C(=O)C(CC(=O)Nc3ccccc3)N(Cc3cccnc3)C2=O)c1. The Bertz CT molecular complexity index is 1100. The third-order valence-electron chi connectivity index (χ3n) is 5.09. The summed E-state index contributed by atoms with van der Waals surface area (Å²) in [5.74, 6) is -0.748. The molecule has 0 spiro atoms. The zero-order chi connectivity index (χ0) is 21.8. The summed E-state index contributed by atoms with van der Waals surface area (Å²) >= 11 is 0. The molecule has 4 rings (SSSR count). The first-order chi connectivity index (χ1) is 15.0. The number of nitrogens with one attached hydrogen (secondary N) is 1. The average Bonchev–Trinajstić information content (AvgIpc) is 2.99. The van der Waals surface area contributed by atoms with Crippen molar-refractivity contribution in [3.63, 3.8) is 0 Å². The van der Waals surface area contributed by atoms with Crippen LogP contribution in [-0.4, -0.2) is 33.8 Å². The number of hydrogen-bond acceptors (Lipinski definition) is 4. The van der Waals surface area contributed by atoms with E-state index in [2.05, 4.69) is 10.3 Å². The molecule has 1 aliphatic heterocycles. The summed E-state index contributed by atoms with van der Waals surface area (Å²) in [5, 5.41) is 2.79. The topological polar surface area (TPSA) is 82.6 Å². The van der Waals surface area contributed by atoms with Gasteiger partial charge in [0.25, 0.3) is 5.91 Å². The van der Waals surface area contributed by atoms with Crippen LogP contribution >= 0.6 is 0 Å². The number of rotatable bonds is 6. The van der Waals surface area contributed by atoms with Gasteiger partial charge in [-0.05, 0) is 48.4 Å². The highest BCUT2D eigenvalue weighted by molar-refractivity contribution is 6.22. The molecule has 1 atom stereocenters. The molecule has 1 unspecified atom stereocenters. The fraction of sp³-hybridized carbons (Fsp3) is 0.167. The molecule has 1 saturated heterocycles. The largest absolute Gasteiger partial charge is 0.332 e. The summed E-state index contributed by atoms with van der Waals surface area (Å²) < 4.78 is 0. The number of urea groups is 1. The zero-order valence-corrected chi connectivity index (χ0v) is 17.1. The number of hydrogen-bond donors (Lipinski definition) is 1. The first-order valence-corrected chi connectivity index (χ1v) is 9.98. The lowest BCUT2D eigenvalue weighted by atomic mass is 10.1. The van der Waals surface area contributed by atoms with Gasteiger partial charge in [-0.15, -0.1) is 0 Å². The normalized spacial score (nSPS) is 16.0. The van der Waals surface area contributed by atoms with Crippen LogP contribution in [0.4, 0.5) is 16.2 Å². The van der Waals surface area contributed by atoms with Crippen LogP contribution < -0.4 is 10.2 Å². The van der Waals surface area contributed by atoms with E-state index in [1.54, 1.807) is 48.8 Å². The smallest absolute Gasteiger partial charge is 0.326 e. The van der Waals surface area contributed by atoms with Crippen molar-refractivity contribution in [3.05, 3.63) is 90.3 Å². The number of pyridine rings is 1. The van der Waals surface area contributed by atoms with Crippen LogP contribution in [0.25, 0.3) is 0 Å². The van der Waals surface area contributed by atoms with Gasteiger partial charge < -0.3 is 10.2 Å². The van der Waals surface area contributed by atoms with Gasteiger partial charge >= 0.3 is 6.03 Å². The molecule has 0 radical (unpaired) electrons. The summed E-state index contributed by atoms with van der Waals surface area (Å²) in [7, 11) is 0. The van der Waals surface area contributed by atoms with Crippen molar-refractivity contribution in [3.8, 4) is 0 Å². The zero-order valence-electron chi connectivity index (χ0n) is 17.1. The van der Waals surface area contributed by atoms with Gasteiger partial charge in [-0.1, -0.05) is 36.4 Å². The van der Waals surface area contributed by atoms with Crippen LogP contribution in [0, 0.1) is 6.92 Å². The standard InChI is InChI=1S/C24H22N4O3/c1-17-7-5-11-20(13-17)28-23(30)21(14-22(29)26-19-9-3-2-4-10-19)27(24(28)31)16-18-8-6-12-25-15-18/h2-13,15,21H,14,16H2,1H3,(H,26,29). The van der Waals surface area contributed by atoms with Crippen LogP contribution in [0.3, 0.4) is 0 Å². The quantitative estimate of drug-likeness (QED) is 0.623. The Hall–Kier alpha value is -4.00. The van der Waals surface area contributed by atoms with Crippen molar-refractivity contribution in [2.24, 2.45) is 0 Å². The summed E-state index contributed by atoms with van der Waals surface area (Å²) in [5.41, 5.74) is 2.85. The fourth-order valence-electron chi connectivity index (χ4n) is 3.62. The van der Waals surface area contributed by atoms with Crippen molar-refractivity contribution in [2.45, 2.75) is 25.9 Å². The Morgan fingerprint density at radius 3 is 2.55 bits per heavy atom. The number of benzene rings is 2. The van der Waals surface area contributed by atoms with E-state index in [1.165, 1.54) is 4.90 Å². The number of aryl methyl sites for hydroxylation is 1. The van der Waals surface area contributed by atoms with E-state index in [1.807, 2.05) is 37.3 Å². The van der Waals surface area contributed by atoms with E-state index in [4.69, 9.17) is 0 Å². The molecule has 0 bridgehead atoms. The van der Waals surface area contributed by atoms with Gasteiger partial charge in [0.15, 0.2) is 0 Å². The van der Waals surface area contributed by atoms with Gasteiger partial charge in [0.1, 0.15) is 6.04 Å². The Balaban J connectivity index is 1.61. The third-order valence-corrected chi connectivity index (χ3v) is 5.09. The van der Waals surface area contributed by atoms with Gasteiger partial charge in [-0.2, -0.15) is 0 Å². The van der Waals surface area contributed by atoms with E-state index in [0.717, 1.165) is 16.0 Å². The first-order valence-electron chi connectivity index (χ1n) is 9.98. The molecular formula is C24H22N4O3. The Labute approximate surface area is 180 Å². The number of carbonyl (C=O) groups is 3. The van der Waals surface area contributed by atoms with Gasteiger partial charge in [-0.3, -0.25) is 14.6 Å². The second kappa shape index (κ2) is 8.79. The molecule has 1 aromatic heterocycles. The Morgan fingerprint density at radius 1 is 1.03 bits per heavy atom. The Morgan fingerprint density at radius 2 is 1.84 bits per heavy atom. The van der Waals surface area contributed by atoms with Crippen LogP contribution in [0.2, 0.25) is 0 Å². The minimum atomic E-state index is -0.906. The lowest BCUT2D eigenvalue weighted by molar-refractivity contribution is -0.124. The molecule has 0 saturated carbocycles. The molecule has 4 amide bonds. The van der Waals surface area contributed by atoms with E-state index < -0.39 is 18.0 Å². The molecule has 7 heteroatoms. The maximum absolute atomic E-state index is 13.3. The van der Waals surface area contributed by atoms with Crippen LogP contribution in [-0.2, 0) is 16.1 Å². The minimum absolute atomic E-state index is 0.137. The van der Waals surface area contributed by atoms with E-state index >= 15 is 0 Å². The molecular weight excluding hydrogens is 392 g/mol. The molecule has 1 aliphatic rings. The van der Waals surface area contributed by atoms with Gasteiger partial charge in [0, 0.05) is 24.6 Å². The molecule has 7 nitrogen and oxygen atoms in total. The maximum Gasteiger partial charge on any atom is 0.332 e.